The minimum Gasteiger partial charge on any atom is -1.00 e. The van der Waals surface area contributed by atoms with Crippen LogP contribution in [-0.2, 0) is 6.42 Å². The van der Waals surface area contributed by atoms with Gasteiger partial charge in [-0.3, -0.25) is 4.79 Å². The first-order chi connectivity index (χ1) is 13.6. The summed E-state index contributed by atoms with van der Waals surface area (Å²) in [6.45, 7) is 2.04. The zero-order valence-corrected chi connectivity index (χ0v) is 19.8. The summed E-state index contributed by atoms with van der Waals surface area (Å²) in [5.41, 5.74) is 3.05. The van der Waals surface area contributed by atoms with E-state index < -0.39 is 0 Å². The molecule has 4 aromatic rings. The summed E-state index contributed by atoms with van der Waals surface area (Å²) in [4.78, 5) is 26.0. The first-order valence-electron chi connectivity index (χ1n) is 8.18. The Morgan fingerprint density at radius 3 is 1.93 bits per heavy atom. The van der Waals surface area contributed by atoms with Gasteiger partial charge in [-0.2, -0.15) is 0 Å². The monoisotopic (exact) mass is 451 g/mol. The molecular weight excluding hydrogens is 437 g/mol. The summed E-state index contributed by atoms with van der Waals surface area (Å²) in [5.74, 6) is 1.20. The normalized spacial score (nSPS) is 9.57. The smallest absolute Gasteiger partial charge is 1.00 e. The standard InChI is InChI=1S/C10H9ClN2O.C9H5ClN2O2.B.Na.H/c1-2-8-5-7(6-14-8)9-3-4-12-10(11)13-9;10-9-11-2-1-8(12-9)6-3-7(4-13)14-5-6;;;/h3-6H,2H2,1H3;1-5H;;;/q;;;+1;-1. The fourth-order valence-electron chi connectivity index (χ4n) is 2.24. The first kappa shape index (κ1) is 26.1. The Kier molecular flexibility index (Phi) is 11.0. The number of hydrogen-bond acceptors (Lipinski definition) is 7. The summed E-state index contributed by atoms with van der Waals surface area (Å²) < 4.78 is 10.2. The Hall–Kier alpha value is -1.97. The van der Waals surface area contributed by atoms with Crippen molar-refractivity contribution in [3.8, 4) is 22.5 Å². The summed E-state index contributed by atoms with van der Waals surface area (Å²) in [7, 11) is 0. The van der Waals surface area contributed by atoms with Gasteiger partial charge in [0.05, 0.1) is 11.4 Å². The van der Waals surface area contributed by atoms with E-state index in [0.717, 1.165) is 23.4 Å². The van der Waals surface area contributed by atoms with Crippen LogP contribution in [0, 0.1) is 0 Å². The third-order valence-corrected chi connectivity index (χ3v) is 3.95. The van der Waals surface area contributed by atoms with Gasteiger partial charge in [0, 0.05) is 38.4 Å². The molecule has 4 rings (SSSR count). The van der Waals surface area contributed by atoms with E-state index in [1.54, 1.807) is 30.7 Å². The molecule has 3 radical (unpaired) electrons. The molecule has 0 saturated carbocycles. The number of aldehydes is 1. The van der Waals surface area contributed by atoms with Crippen molar-refractivity contribution in [1.82, 2.24) is 19.9 Å². The third-order valence-electron chi connectivity index (χ3n) is 3.58. The fourth-order valence-corrected chi connectivity index (χ4v) is 2.54. The van der Waals surface area contributed by atoms with E-state index in [2.05, 4.69) is 19.9 Å². The molecule has 0 unspecified atom stereocenters. The minimum absolute atomic E-state index is 0. The van der Waals surface area contributed by atoms with E-state index in [1.807, 2.05) is 13.0 Å². The third kappa shape index (κ3) is 7.07. The van der Waals surface area contributed by atoms with Gasteiger partial charge in [-0.1, -0.05) is 6.92 Å². The van der Waals surface area contributed by atoms with Crippen molar-refractivity contribution in [1.29, 1.82) is 0 Å². The van der Waals surface area contributed by atoms with Gasteiger partial charge >= 0.3 is 29.6 Å². The summed E-state index contributed by atoms with van der Waals surface area (Å²) >= 11 is 11.3. The molecule has 4 aromatic heterocycles. The molecule has 0 aliphatic heterocycles. The van der Waals surface area contributed by atoms with Crippen LogP contribution in [0.3, 0.4) is 0 Å². The van der Waals surface area contributed by atoms with E-state index in [-0.39, 0.29) is 55.7 Å². The van der Waals surface area contributed by atoms with Crippen molar-refractivity contribution in [2.75, 3.05) is 0 Å². The van der Waals surface area contributed by atoms with Crippen molar-refractivity contribution in [3.63, 3.8) is 0 Å². The van der Waals surface area contributed by atoms with Gasteiger partial charge in [-0.15, -0.1) is 0 Å². The molecule has 0 aliphatic rings. The van der Waals surface area contributed by atoms with Crippen LogP contribution in [0.25, 0.3) is 22.5 Å². The van der Waals surface area contributed by atoms with Crippen molar-refractivity contribution < 1.29 is 44.6 Å². The molecular formula is C19H15BCl2N4NaO3. The van der Waals surface area contributed by atoms with Gasteiger partial charge in [0.1, 0.15) is 18.3 Å². The van der Waals surface area contributed by atoms with Gasteiger partial charge < -0.3 is 10.3 Å². The van der Waals surface area contributed by atoms with Gasteiger partial charge in [-0.05, 0) is 47.5 Å². The Morgan fingerprint density at radius 1 is 0.967 bits per heavy atom. The average molecular weight is 452 g/mol. The Balaban J connectivity index is 0.000000529. The van der Waals surface area contributed by atoms with Crippen LogP contribution in [-0.4, -0.2) is 34.6 Å². The molecule has 7 nitrogen and oxygen atoms in total. The number of hydrogen-bond donors (Lipinski definition) is 0. The molecule has 11 heteroatoms. The molecule has 0 N–H and O–H groups in total. The van der Waals surface area contributed by atoms with Gasteiger partial charge in [0.2, 0.25) is 10.6 Å². The predicted octanol–water partition coefficient (Wildman–Crippen LogP) is 1.89. The number of aryl methyl sites for hydroxylation is 1. The molecule has 4 heterocycles. The predicted molar refractivity (Wildman–Crippen MR) is 111 cm³/mol. The zero-order valence-electron chi connectivity index (χ0n) is 17.3. The Labute approximate surface area is 208 Å². The molecule has 0 atom stereocenters. The van der Waals surface area contributed by atoms with Gasteiger partial charge in [-0.25, -0.2) is 19.9 Å². The molecule has 0 aliphatic carbocycles. The van der Waals surface area contributed by atoms with E-state index in [1.165, 1.54) is 12.5 Å². The number of carbonyl (C=O) groups excluding carboxylic acids is 1. The van der Waals surface area contributed by atoms with Crippen LogP contribution in [0.4, 0.5) is 0 Å². The summed E-state index contributed by atoms with van der Waals surface area (Å²) in [5, 5.41) is 0.415. The number of furan rings is 2. The maximum atomic E-state index is 10.4. The molecule has 30 heavy (non-hydrogen) atoms. The van der Waals surface area contributed by atoms with E-state index in [4.69, 9.17) is 32.0 Å². The molecule has 0 spiro atoms. The zero-order chi connectivity index (χ0) is 19.9. The summed E-state index contributed by atoms with van der Waals surface area (Å²) in [6, 6.07) is 7.03. The van der Waals surface area contributed by atoms with Crippen LogP contribution in [0.5, 0.6) is 0 Å². The maximum absolute atomic E-state index is 10.4. The van der Waals surface area contributed by atoms with Crippen molar-refractivity contribution >= 4 is 37.9 Å². The number of rotatable bonds is 4. The van der Waals surface area contributed by atoms with Crippen LogP contribution in [0.2, 0.25) is 10.6 Å². The van der Waals surface area contributed by atoms with Crippen molar-refractivity contribution in [2.45, 2.75) is 13.3 Å². The van der Waals surface area contributed by atoms with Gasteiger partial charge in [0.25, 0.3) is 0 Å². The number of nitrogens with zero attached hydrogens (tertiary/aromatic N) is 4. The fraction of sp³-hybridized carbons (Fsp3) is 0.105. The molecule has 0 aromatic carbocycles. The summed E-state index contributed by atoms with van der Waals surface area (Å²) in [6.07, 6.45) is 7.80. The molecule has 0 saturated heterocycles. The van der Waals surface area contributed by atoms with Gasteiger partial charge in [0.15, 0.2) is 12.0 Å². The Bertz CT molecular complexity index is 1100. The number of halogens is 2. The van der Waals surface area contributed by atoms with E-state index in [0.29, 0.717) is 17.5 Å². The van der Waals surface area contributed by atoms with Crippen molar-refractivity contribution in [2.24, 2.45) is 0 Å². The van der Waals surface area contributed by atoms with Crippen molar-refractivity contribution in [3.05, 3.63) is 71.3 Å². The second-order valence-electron chi connectivity index (χ2n) is 5.43. The minimum atomic E-state index is 0. The first-order valence-corrected chi connectivity index (χ1v) is 8.93. The second-order valence-corrected chi connectivity index (χ2v) is 6.11. The molecule has 0 fully saturated rings. The van der Waals surface area contributed by atoms with E-state index >= 15 is 0 Å². The maximum Gasteiger partial charge on any atom is 1.00 e. The molecule has 147 valence electrons. The molecule has 0 amide bonds. The Morgan fingerprint density at radius 2 is 1.50 bits per heavy atom. The quantitative estimate of drug-likeness (QED) is 0.265. The molecule has 0 bridgehead atoms. The second kappa shape index (κ2) is 12.7. The average Bonchev–Trinajstić information content (AvgIpc) is 3.38. The largest absolute Gasteiger partial charge is 1.00 e. The SMILES string of the molecule is CCc1cc(-c2ccnc(Cl)n2)co1.O=Cc1cc(-c2ccnc(Cl)n2)co1.[B].[H-].[Na+]. The van der Waals surface area contributed by atoms with Crippen LogP contribution < -0.4 is 29.6 Å². The van der Waals surface area contributed by atoms with E-state index in [9.17, 15) is 4.79 Å². The van der Waals surface area contributed by atoms with Crippen LogP contribution >= 0.6 is 23.2 Å². The topological polar surface area (TPSA) is 94.9 Å². The van der Waals surface area contributed by atoms with Crippen LogP contribution in [0.1, 0.15) is 24.7 Å². The van der Waals surface area contributed by atoms with Crippen LogP contribution in [0.15, 0.2) is 58.0 Å². The number of aromatic nitrogens is 4. The number of carbonyl (C=O) groups is 1.